The topological polar surface area (TPSA) is 83.8 Å². The minimum Gasteiger partial charge on any atom is -0.410 e. The van der Waals surface area contributed by atoms with Gasteiger partial charge in [0.25, 0.3) is 11.1 Å². The molecule has 1 amide bonds. The van der Waals surface area contributed by atoms with E-state index in [1.165, 1.54) is 43.0 Å². The van der Waals surface area contributed by atoms with Crippen LogP contribution in [0.1, 0.15) is 39.0 Å². The van der Waals surface area contributed by atoms with Crippen molar-refractivity contribution < 1.29 is 9.21 Å². The van der Waals surface area contributed by atoms with Gasteiger partial charge in [0.15, 0.2) is 0 Å². The first kappa shape index (κ1) is 16.8. The van der Waals surface area contributed by atoms with Crippen molar-refractivity contribution in [3.8, 4) is 11.6 Å². The van der Waals surface area contributed by atoms with E-state index in [9.17, 15) is 4.79 Å². The zero-order valence-corrected chi connectivity index (χ0v) is 14.6. The molecule has 6 nitrogen and oxygen atoms in total. The smallest absolute Gasteiger partial charge is 0.277 e. The van der Waals surface area contributed by atoms with Crippen LogP contribution in [0.15, 0.2) is 39.6 Å². The summed E-state index contributed by atoms with van der Waals surface area (Å²) in [6, 6.07) is 3.72. The van der Waals surface area contributed by atoms with E-state index in [0.29, 0.717) is 17.7 Å². The minimum absolute atomic E-state index is 0.00367. The second-order valence-electron chi connectivity index (χ2n) is 5.87. The van der Waals surface area contributed by atoms with Gasteiger partial charge in [-0.2, -0.15) is 0 Å². The number of rotatable bonds is 7. The van der Waals surface area contributed by atoms with Crippen LogP contribution >= 0.6 is 11.8 Å². The molecule has 1 atom stereocenters. The summed E-state index contributed by atoms with van der Waals surface area (Å²) in [5.74, 6) is 0.426. The van der Waals surface area contributed by atoms with Gasteiger partial charge >= 0.3 is 0 Å². The summed E-state index contributed by atoms with van der Waals surface area (Å²) in [4.78, 5) is 15.2. The maximum atomic E-state index is 12.2. The van der Waals surface area contributed by atoms with Gasteiger partial charge in [-0.3, -0.25) is 4.79 Å². The van der Waals surface area contributed by atoms with E-state index in [2.05, 4.69) is 26.6 Å². The molecule has 0 bridgehead atoms. The van der Waals surface area contributed by atoms with Gasteiger partial charge in [0.2, 0.25) is 5.91 Å². The molecule has 2 heterocycles. The number of aromatic nitrogens is 3. The highest BCUT2D eigenvalue weighted by atomic mass is 32.2. The van der Waals surface area contributed by atoms with E-state index in [-0.39, 0.29) is 11.2 Å². The molecule has 0 spiro atoms. The largest absolute Gasteiger partial charge is 0.410 e. The molecule has 128 valence electrons. The van der Waals surface area contributed by atoms with Gasteiger partial charge in [-0.05, 0) is 51.2 Å². The quantitative estimate of drug-likeness (QED) is 0.592. The lowest BCUT2D eigenvalue weighted by molar-refractivity contribution is -0.120. The monoisotopic (exact) mass is 346 g/mol. The SMILES string of the molecule is C[C@@H](Sc1nnc(-c2ccc[nH]2)o1)C(=O)NCCC1=CCCCC1. The van der Waals surface area contributed by atoms with Crippen LogP contribution in [-0.4, -0.2) is 32.9 Å². The van der Waals surface area contributed by atoms with E-state index in [0.717, 1.165) is 12.1 Å². The Morgan fingerprint density at radius 3 is 3.12 bits per heavy atom. The lowest BCUT2D eigenvalue weighted by atomic mass is 9.97. The van der Waals surface area contributed by atoms with E-state index in [1.807, 2.05) is 19.1 Å². The van der Waals surface area contributed by atoms with Gasteiger partial charge in [-0.25, -0.2) is 0 Å². The van der Waals surface area contributed by atoms with Crippen LogP contribution in [0.3, 0.4) is 0 Å². The third-order valence-corrected chi connectivity index (χ3v) is 4.95. The molecule has 0 aliphatic heterocycles. The predicted molar refractivity (Wildman–Crippen MR) is 93.6 cm³/mol. The number of nitrogens with one attached hydrogen (secondary N) is 2. The number of thioether (sulfide) groups is 1. The number of allylic oxidation sites excluding steroid dienone is 1. The Balaban J connectivity index is 1.45. The number of aromatic amines is 1. The summed E-state index contributed by atoms with van der Waals surface area (Å²) in [5, 5.41) is 11.1. The lowest BCUT2D eigenvalue weighted by Gasteiger charge is -2.14. The van der Waals surface area contributed by atoms with Crippen LogP contribution < -0.4 is 5.32 Å². The molecule has 2 aromatic heterocycles. The Morgan fingerprint density at radius 2 is 2.38 bits per heavy atom. The fraction of sp³-hybridized carbons (Fsp3) is 0.471. The second-order valence-corrected chi connectivity index (χ2v) is 7.16. The predicted octanol–water partition coefficient (Wildman–Crippen LogP) is 3.55. The highest BCUT2D eigenvalue weighted by Gasteiger charge is 2.18. The molecule has 0 saturated heterocycles. The van der Waals surface area contributed by atoms with Crippen LogP contribution in [0.2, 0.25) is 0 Å². The van der Waals surface area contributed by atoms with Crippen molar-refractivity contribution in [2.45, 2.75) is 49.5 Å². The van der Waals surface area contributed by atoms with Gasteiger partial charge in [-0.15, -0.1) is 10.2 Å². The van der Waals surface area contributed by atoms with E-state index in [1.54, 1.807) is 6.20 Å². The fourth-order valence-electron chi connectivity index (χ4n) is 2.66. The highest BCUT2D eigenvalue weighted by Crippen LogP contribution is 2.25. The molecule has 0 radical (unpaired) electrons. The molecule has 0 unspecified atom stereocenters. The number of H-pyrrole nitrogens is 1. The molecule has 24 heavy (non-hydrogen) atoms. The first-order chi connectivity index (χ1) is 11.7. The average Bonchev–Trinajstić information content (AvgIpc) is 3.27. The first-order valence-corrected chi connectivity index (χ1v) is 9.20. The summed E-state index contributed by atoms with van der Waals surface area (Å²) in [6.45, 7) is 2.53. The Labute approximate surface area is 145 Å². The maximum Gasteiger partial charge on any atom is 0.277 e. The fourth-order valence-corrected chi connectivity index (χ4v) is 3.36. The highest BCUT2D eigenvalue weighted by molar-refractivity contribution is 8.00. The average molecular weight is 346 g/mol. The molecule has 1 aliphatic carbocycles. The van der Waals surface area contributed by atoms with Crippen molar-refractivity contribution in [2.75, 3.05) is 6.54 Å². The normalized spacial score (nSPS) is 15.8. The number of carbonyl (C=O) groups excluding carboxylic acids is 1. The van der Waals surface area contributed by atoms with Crippen LogP contribution in [-0.2, 0) is 4.79 Å². The van der Waals surface area contributed by atoms with Crippen LogP contribution in [0.25, 0.3) is 11.6 Å². The standard InChI is InChI=1S/C17H22N4O2S/c1-12(15(22)19-11-9-13-6-3-2-4-7-13)24-17-21-20-16(23-17)14-8-5-10-18-14/h5-6,8,10,12,18H,2-4,7,9,11H2,1H3,(H,19,22)/t12-/m1/s1. The van der Waals surface area contributed by atoms with E-state index in [4.69, 9.17) is 4.42 Å². The maximum absolute atomic E-state index is 12.2. The molecule has 0 aromatic carbocycles. The Kier molecular flexibility index (Phi) is 5.74. The number of amides is 1. The van der Waals surface area contributed by atoms with Crippen molar-refractivity contribution in [1.82, 2.24) is 20.5 Å². The van der Waals surface area contributed by atoms with Crippen molar-refractivity contribution in [1.29, 1.82) is 0 Å². The van der Waals surface area contributed by atoms with Crippen molar-refractivity contribution in [3.05, 3.63) is 30.0 Å². The van der Waals surface area contributed by atoms with E-state index < -0.39 is 0 Å². The zero-order valence-electron chi connectivity index (χ0n) is 13.7. The van der Waals surface area contributed by atoms with Crippen molar-refractivity contribution in [2.24, 2.45) is 0 Å². The summed E-state index contributed by atoms with van der Waals surface area (Å²) in [7, 11) is 0. The molecule has 3 rings (SSSR count). The third kappa shape index (κ3) is 4.50. The van der Waals surface area contributed by atoms with Crippen LogP contribution in [0.4, 0.5) is 0 Å². The van der Waals surface area contributed by atoms with Crippen LogP contribution in [0.5, 0.6) is 0 Å². The molecular formula is C17H22N4O2S. The molecule has 2 aromatic rings. The van der Waals surface area contributed by atoms with Crippen LogP contribution in [0, 0.1) is 0 Å². The van der Waals surface area contributed by atoms with Gasteiger partial charge in [0, 0.05) is 12.7 Å². The van der Waals surface area contributed by atoms with Gasteiger partial charge in [0.05, 0.1) is 5.25 Å². The van der Waals surface area contributed by atoms with Gasteiger partial charge in [0.1, 0.15) is 5.69 Å². The Morgan fingerprint density at radius 1 is 1.46 bits per heavy atom. The number of hydrogen-bond acceptors (Lipinski definition) is 5. The zero-order chi connectivity index (χ0) is 16.8. The summed E-state index contributed by atoms with van der Waals surface area (Å²) < 4.78 is 5.57. The second kappa shape index (κ2) is 8.19. The first-order valence-electron chi connectivity index (χ1n) is 8.32. The molecule has 0 saturated carbocycles. The third-order valence-electron chi connectivity index (χ3n) is 4.01. The van der Waals surface area contributed by atoms with Crippen molar-refractivity contribution >= 4 is 17.7 Å². The molecular weight excluding hydrogens is 324 g/mol. The number of nitrogens with zero attached hydrogens (tertiary/aromatic N) is 2. The minimum atomic E-state index is -0.276. The van der Waals surface area contributed by atoms with Gasteiger partial charge < -0.3 is 14.7 Å². The van der Waals surface area contributed by atoms with E-state index >= 15 is 0 Å². The Hall–Kier alpha value is -2.02. The molecule has 1 aliphatic rings. The molecule has 7 heteroatoms. The number of carbonyl (C=O) groups is 1. The lowest BCUT2D eigenvalue weighted by Crippen LogP contribution is -2.31. The molecule has 2 N–H and O–H groups in total. The Bertz CT molecular complexity index is 693. The van der Waals surface area contributed by atoms with Crippen molar-refractivity contribution in [3.63, 3.8) is 0 Å². The summed E-state index contributed by atoms with van der Waals surface area (Å²) >= 11 is 1.27. The summed E-state index contributed by atoms with van der Waals surface area (Å²) in [5.41, 5.74) is 2.24. The summed E-state index contributed by atoms with van der Waals surface area (Å²) in [6.07, 6.45) is 9.96. The van der Waals surface area contributed by atoms with Gasteiger partial charge in [-0.1, -0.05) is 23.4 Å². The number of hydrogen-bond donors (Lipinski definition) is 2. The molecule has 0 fully saturated rings.